The van der Waals surface area contributed by atoms with Crippen LogP contribution in [-0.4, -0.2) is 65.2 Å². The van der Waals surface area contributed by atoms with Crippen LogP contribution in [0, 0.1) is 5.92 Å². The topological polar surface area (TPSA) is 136 Å². The summed E-state index contributed by atoms with van der Waals surface area (Å²) in [6.45, 7) is 6.70. The maximum absolute atomic E-state index is 12.3. The largest absolute Gasteiger partial charge is 0.393 e. The van der Waals surface area contributed by atoms with Crippen LogP contribution in [0.25, 0.3) is 55.7 Å². The van der Waals surface area contributed by atoms with Crippen molar-refractivity contribution in [2.24, 2.45) is 5.92 Å². The van der Waals surface area contributed by atoms with Crippen LogP contribution in [0.2, 0.25) is 0 Å². The molecule has 0 atom stereocenters. The number of aromatic nitrogens is 6. The number of piperidine rings is 1. The molecule has 5 heterocycles. The third kappa shape index (κ3) is 6.20. The predicted molar refractivity (Wildman–Crippen MR) is 176 cm³/mol. The number of carbonyl (C=O) groups is 1. The summed E-state index contributed by atoms with van der Waals surface area (Å²) >= 11 is 0. The summed E-state index contributed by atoms with van der Waals surface area (Å²) in [5, 5.41) is 21.5. The predicted octanol–water partition coefficient (Wildman–Crippen LogP) is 6.17. The number of aliphatic hydroxyl groups is 1. The number of fused-ring (bicyclic) bond motifs is 2. The number of aliphatic hydroxyl groups excluding tert-OH is 1. The molecule has 6 aromatic rings. The number of pyridine rings is 2. The van der Waals surface area contributed by atoms with Gasteiger partial charge in [0.05, 0.1) is 40.7 Å². The molecule has 0 bridgehead atoms. The monoisotopic (exact) mass is 600 g/mol. The van der Waals surface area contributed by atoms with Crippen LogP contribution in [0.15, 0.2) is 73.3 Å². The van der Waals surface area contributed by atoms with Gasteiger partial charge in [-0.3, -0.25) is 24.8 Å². The highest BCUT2D eigenvalue weighted by atomic mass is 16.3. The normalized spacial score (nSPS) is 14.5. The van der Waals surface area contributed by atoms with E-state index in [1.165, 1.54) is 5.56 Å². The van der Waals surface area contributed by atoms with Crippen molar-refractivity contribution in [2.75, 3.05) is 18.4 Å². The Morgan fingerprint density at radius 1 is 0.978 bits per heavy atom. The van der Waals surface area contributed by atoms with E-state index >= 15 is 0 Å². The second-order valence-electron chi connectivity index (χ2n) is 12.3. The van der Waals surface area contributed by atoms with Crippen LogP contribution in [0.3, 0.4) is 0 Å². The molecule has 0 radical (unpaired) electrons. The standard InChI is InChI=1S/C35H36N8O2/c1-21(2)12-32(45)38-26-14-25(16-36-17-26)23-6-7-30-28(15-23)34(42-41-30)35-39-31-19-37-18-29(33(31)40-35)24-5-3-4-22(13-24)20-43-10-8-27(44)9-11-43/h3-7,13-19,21,27,44H,8-12,20H2,1-2H3,(H,38,45)(H,39,40)(H,41,42). The Morgan fingerprint density at radius 3 is 2.67 bits per heavy atom. The average molecular weight is 601 g/mol. The quantitative estimate of drug-likeness (QED) is 0.164. The van der Waals surface area contributed by atoms with Crippen molar-refractivity contribution in [1.82, 2.24) is 35.0 Å². The molecule has 10 nitrogen and oxygen atoms in total. The fraction of sp³-hybridized carbons (Fsp3) is 0.286. The number of benzene rings is 2. The number of nitrogens with one attached hydrogen (secondary N) is 3. The fourth-order valence-corrected chi connectivity index (χ4v) is 6.05. The highest BCUT2D eigenvalue weighted by Crippen LogP contribution is 2.33. The molecule has 1 fully saturated rings. The van der Waals surface area contributed by atoms with E-state index in [2.05, 4.69) is 65.7 Å². The van der Waals surface area contributed by atoms with Crippen molar-refractivity contribution in [3.8, 4) is 33.8 Å². The molecule has 45 heavy (non-hydrogen) atoms. The number of likely N-dealkylation sites (tertiary alicyclic amines) is 1. The fourth-order valence-electron chi connectivity index (χ4n) is 6.05. The average Bonchev–Trinajstić information content (AvgIpc) is 3.66. The van der Waals surface area contributed by atoms with Gasteiger partial charge in [0.2, 0.25) is 5.91 Å². The number of H-pyrrole nitrogens is 2. The van der Waals surface area contributed by atoms with Gasteiger partial charge in [-0.15, -0.1) is 0 Å². The van der Waals surface area contributed by atoms with Gasteiger partial charge < -0.3 is 15.4 Å². The SMILES string of the molecule is CC(C)CC(=O)Nc1cncc(-c2ccc3[nH]nc(-c4nc5c(-c6cccc(CN7CCC(O)CC7)c6)cncc5[nH]4)c3c2)c1. The van der Waals surface area contributed by atoms with Crippen LogP contribution in [-0.2, 0) is 11.3 Å². The van der Waals surface area contributed by atoms with Crippen LogP contribution in [0.5, 0.6) is 0 Å². The third-order valence-corrected chi connectivity index (χ3v) is 8.33. The first kappa shape index (κ1) is 28.8. The zero-order chi connectivity index (χ0) is 30.9. The molecule has 0 saturated carbocycles. The summed E-state index contributed by atoms with van der Waals surface area (Å²) < 4.78 is 0. The molecular formula is C35H36N8O2. The number of anilines is 1. The minimum absolute atomic E-state index is 0.0234. The summed E-state index contributed by atoms with van der Waals surface area (Å²) in [6, 6.07) is 16.6. The van der Waals surface area contributed by atoms with Gasteiger partial charge in [0, 0.05) is 55.0 Å². The summed E-state index contributed by atoms with van der Waals surface area (Å²) in [7, 11) is 0. The lowest BCUT2D eigenvalue weighted by molar-refractivity contribution is -0.116. The van der Waals surface area contributed by atoms with E-state index in [0.717, 1.165) is 76.7 Å². The molecule has 2 aromatic carbocycles. The molecule has 4 N–H and O–H groups in total. The van der Waals surface area contributed by atoms with Gasteiger partial charge in [-0.25, -0.2) is 4.98 Å². The minimum Gasteiger partial charge on any atom is -0.393 e. The smallest absolute Gasteiger partial charge is 0.224 e. The number of amides is 1. The molecule has 4 aromatic heterocycles. The Morgan fingerprint density at radius 2 is 1.82 bits per heavy atom. The molecule has 1 amide bonds. The van der Waals surface area contributed by atoms with Gasteiger partial charge in [-0.05, 0) is 59.7 Å². The van der Waals surface area contributed by atoms with E-state index in [1.54, 1.807) is 18.6 Å². The molecule has 0 unspecified atom stereocenters. The molecule has 228 valence electrons. The minimum atomic E-state index is -0.180. The molecule has 10 heteroatoms. The number of carbonyl (C=O) groups excluding carboxylic acids is 1. The maximum atomic E-state index is 12.3. The molecule has 7 rings (SSSR count). The molecule has 0 spiro atoms. The van der Waals surface area contributed by atoms with E-state index in [-0.39, 0.29) is 17.9 Å². The number of nitrogens with zero attached hydrogens (tertiary/aromatic N) is 5. The zero-order valence-corrected chi connectivity index (χ0v) is 25.4. The Balaban J connectivity index is 1.19. The van der Waals surface area contributed by atoms with E-state index in [9.17, 15) is 9.90 Å². The van der Waals surface area contributed by atoms with E-state index in [1.807, 2.05) is 38.2 Å². The Bertz CT molecular complexity index is 1990. The molecule has 1 aliphatic heterocycles. The summed E-state index contributed by atoms with van der Waals surface area (Å²) in [5.74, 6) is 0.905. The van der Waals surface area contributed by atoms with Crippen LogP contribution < -0.4 is 5.32 Å². The van der Waals surface area contributed by atoms with Crippen molar-refractivity contribution >= 4 is 33.5 Å². The van der Waals surface area contributed by atoms with Crippen molar-refractivity contribution < 1.29 is 9.90 Å². The van der Waals surface area contributed by atoms with E-state index < -0.39 is 0 Å². The molecule has 1 saturated heterocycles. The first-order valence-corrected chi connectivity index (χ1v) is 15.5. The van der Waals surface area contributed by atoms with Gasteiger partial charge in [-0.2, -0.15) is 5.10 Å². The lowest BCUT2D eigenvalue weighted by Crippen LogP contribution is -2.35. The van der Waals surface area contributed by atoms with Gasteiger partial charge in [0.15, 0.2) is 5.82 Å². The van der Waals surface area contributed by atoms with Gasteiger partial charge in [0.25, 0.3) is 0 Å². The number of aromatic amines is 2. The Kier molecular flexibility index (Phi) is 7.83. The van der Waals surface area contributed by atoms with Gasteiger partial charge in [-0.1, -0.05) is 38.1 Å². The molecular weight excluding hydrogens is 564 g/mol. The van der Waals surface area contributed by atoms with Crippen molar-refractivity contribution in [3.05, 3.63) is 78.9 Å². The highest BCUT2D eigenvalue weighted by Gasteiger charge is 2.19. The maximum Gasteiger partial charge on any atom is 0.224 e. The van der Waals surface area contributed by atoms with Crippen LogP contribution >= 0.6 is 0 Å². The van der Waals surface area contributed by atoms with E-state index in [0.29, 0.717) is 23.6 Å². The second kappa shape index (κ2) is 12.2. The molecule has 1 aliphatic rings. The molecule has 0 aliphatic carbocycles. The lowest BCUT2D eigenvalue weighted by Gasteiger charge is -2.29. The van der Waals surface area contributed by atoms with Crippen molar-refractivity contribution in [3.63, 3.8) is 0 Å². The van der Waals surface area contributed by atoms with Crippen molar-refractivity contribution in [1.29, 1.82) is 0 Å². The lowest BCUT2D eigenvalue weighted by atomic mass is 10.0. The number of imidazole rings is 1. The summed E-state index contributed by atoms with van der Waals surface area (Å²) in [5.41, 5.74) is 9.01. The number of hydrogen-bond acceptors (Lipinski definition) is 7. The number of rotatable bonds is 8. The van der Waals surface area contributed by atoms with Gasteiger partial charge in [0.1, 0.15) is 5.69 Å². The second-order valence-corrected chi connectivity index (χ2v) is 12.3. The first-order valence-electron chi connectivity index (χ1n) is 15.5. The third-order valence-electron chi connectivity index (χ3n) is 8.33. The van der Waals surface area contributed by atoms with E-state index in [4.69, 9.17) is 4.98 Å². The first-order chi connectivity index (χ1) is 21.9. The van der Waals surface area contributed by atoms with Crippen LogP contribution in [0.4, 0.5) is 5.69 Å². The highest BCUT2D eigenvalue weighted by molar-refractivity contribution is 5.98. The van der Waals surface area contributed by atoms with Crippen LogP contribution in [0.1, 0.15) is 38.7 Å². The number of hydrogen-bond donors (Lipinski definition) is 4. The van der Waals surface area contributed by atoms with Crippen molar-refractivity contribution in [2.45, 2.75) is 45.8 Å². The van der Waals surface area contributed by atoms with Gasteiger partial charge >= 0.3 is 0 Å². The Hall–Kier alpha value is -4.93. The Labute approximate surface area is 261 Å². The summed E-state index contributed by atoms with van der Waals surface area (Å²) in [4.78, 5) is 32.1. The zero-order valence-electron chi connectivity index (χ0n) is 25.4. The summed E-state index contributed by atoms with van der Waals surface area (Å²) in [6.07, 6.45) is 9.04.